The summed E-state index contributed by atoms with van der Waals surface area (Å²) in [5.74, 6) is -1.07. The first-order valence-electron chi connectivity index (χ1n) is 11.3. The zero-order chi connectivity index (χ0) is 28.0. The normalized spacial score (nSPS) is 12.1. The smallest absolute Gasteiger partial charge is 0.244 e. The summed E-state index contributed by atoms with van der Waals surface area (Å²) in [6.07, 6.45) is 1.13. The molecule has 0 aromatic heterocycles. The minimum absolute atomic E-state index is 0.0117. The molecule has 0 heterocycles. The van der Waals surface area contributed by atoms with Gasteiger partial charge in [-0.2, -0.15) is 0 Å². The minimum Gasteiger partial charge on any atom is -0.357 e. The molecule has 0 fully saturated rings. The van der Waals surface area contributed by atoms with E-state index in [2.05, 4.69) is 5.32 Å². The summed E-state index contributed by atoms with van der Waals surface area (Å²) in [5.41, 5.74) is 1.38. The van der Waals surface area contributed by atoms with Crippen LogP contribution in [-0.4, -0.2) is 51.0 Å². The molecule has 7 nitrogen and oxygen atoms in total. The van der Waals surface area contributed by atoms with Crippen molar-refractivity contribution in [2.45, 2.75) is 19.0 Å². The van der Waals surface area contributed by atoms with E-state index in [1.54, 1.807) is 24.3 Å². The fourth-order valence-electron chi connectivity index (χ4n) is 3.83. The maximum atomic E-state index is 13.9. The van der Waals surface area contributed by atoms with E-state index in [1.165, 1.54) is 24.1 Å². The van der Waals surface area contributed by atoms with Crippen LogP contribution in [0.25, 0.3) is 0 Å². The maximum absolute atomic E-state index is 13.9. The van der Waals surface area contributed by atoms with Gasteiger partial charge in [-0.05, 0) is 29.3 Å². The lowest BCUT2D eigenvalue weighted by molar-refractivity contribution is -0.139. The Balaban J connectivity index is 2.08. The van der Waals surface area contributed by atoms with Crippen LogP contribution in [0.15, 0.2) is 66.7 Å². The molecule has 3 aromatic rings. The first-order chi connectivity index (χ1) is 17.9. The van der Waals surface area contributed by atoms with Gasteiger partial charge in [0.2, 0.25) is 21.8 Å². The van der Waals surface area contributed by atoms with Crippen LogP contribution >= 0.6 is 46.4 Å². The Morgan fingerprint density at radius 1 is 0.868 bits per heavy atom. The zero-order valence-electron chi connectivity index (χ0n) is 20.5. The van der Waals surface area contributed by atoms with Crippen LogP contribution in [0.1, 0.15) is 11.1 Å². The van der Waals surface area contributed by atoms with Crippen LogP contribution in [0, 0.1) is 0 Å². The lowest BCUT2D eigenvalue weighted by Crippen LogP contribution is -2.53. The average molecular weight is 617 g/mol. The second-order valence-corrected chi connectivity index (χ2v) is 12.0. The molecule has 3 aromatic carbocycles. The van der Waals surface area contributed by atoms with Gasteiger partial charge in [0.25, 0.3) is 0 Å². The third-order valence-electron chi connectivity index (χ3n) is 5.75. The van der Waals surface area contributed by atoms with E-state index in [9.17, 15) is 18.0 Å². The van der Waals surface area contributed by atoms with Crippen molar-refractivity contribution in [2.75, 3.05) is 24.2 Å². The lowest BCUT2D eigenvalue weighted by Gasteiger charge is -2.33. The second-order valence-electron chi connectivity index (χ2n) is 8.42. The number of hydrogen-bond acceptors (Lipinski definition) is 4. The SMILES string of the molecule is CNC(=O)C(Cc1ccccc1)N(Cc1ccccc1Cl)C(=O)CN(c1cc(Cl)c(Cl)cc1Cl)S(C)(=O)=O. The van der Waals surface area contributed by atoms with Gasteiger partial charge in [-0.3, -0.25) is 13.9 Å². The first-order valence-corrected chi connectivity index (χ1v) is 14.7. The van der Waals surface area contributed by atoms with E-state index in [0.29, 0.717) is 10.6 Å². The summed E-state index contributed by atoms with van der Waals surface area (Å²) in [7, 11) is -2.55. The summed E-state index contributed by atoms with van der Waals surface area (Å²) < 4.78 is 26.5. The van der Waals surface area contributed by atoms with Gasteiger partial charge in [0, 0.05) is 25.0 Å². The van der Waals surface area contributed by atoms with Crippen LogP contribution in [0.3, 0.4) is 0 Å². The van der Waals surface area contributed by atoms with Gasteiger partial charge < -0.3 is 10.2 Å². The number of hydrogen-bond donors (Lipinski definition) is 1. The summed E-state index contributed by atoms with van der Waals surface area (Å²) >= 11 is 24.8. The molecule has 0 spiro atoms. The number of likely N-dealkylation sites (N-methyl/N-ethyl adjacent to an activating group) is 1. The summed E-state index contributed by atoms with van der Waals surface area (Å²) in [6, 6.07) is 17.7. The van der Waals surface area contributed by atoms with E-state index in [4.69, 9.17) is 46.4 Å². The van der Waals surface area contributed by atoms with Crippen molar-refractivity contribution in [3.63, 3.8) is 0 Å². The van der Waals surface area contributed by atoms with Gasteiger partial charge >= 0.3 is 0 Å². The standard InChI is InChI=1S/C26H25Cl4N3O4S/c1-31-26(35)24(12-17-8-4-3-5-9-17)32(15-18-10-6-7-11-19(18)27)25(34)16-33(38(2,36)37)23-14-21(29)20(28)13-22(23)30/h3-11,13-14,24H,12,15-16H2,1-2H3,(H,31,35). The zero-order valence-corrected chi connectivity index (χ0v) is 24.3. The Hall–Kier alpha value is -2.49. The highest BCUT2D eigenvalue weighted by molar-refractivity contribution is 7.92. The molecule has 0 bridgehead atoms. The second kappa shape index (κ2) is 13.0. The molecule has 0 aliphatic carbocycles. The molecule has 0 aliphatic heterocycles. The Bertz CT molecular complexity index is 1420. The molecule has 0 radical (unpaired) electrons. The van der Waals surface area contributed by atoms with Gasteiger partial charge in [-0.15, -0.1) is 0 Å². The number of anilines is 1. The number of carbonyl (C=O) groups is 2. The van der Waals surface area contributed by atoms with Crippen molar-refractivity contribution < 1.29 is 18.0 Å². The molecular weight excluding hydrogens is 592 g/mol. The molecule has 0 saturated heterocycles. The van der Waals surface area contributed by atoms with Gasteiger partial charge in [0.05, 0.1) is 27.0 Å². The minimum atomic E-state index is -4.02. The average Bonchev–Trinajstić information content (AvgIpc) is 2.87. The highest BCUT2D eigenvalue weighted by Crippen LogP contribution is 2.35. The van der Waals surface area contributed by atoms with Crippen molar-refractivity contribution in [2.24, 2.45) is 0 Å². The van der Waals surface area contributed by atoms with Crippen LogP contribution in [0.4, 0.5) is 5.69 Å². The third-order valence-corrected chi connectivity index (χ3v) is 8.27. The van der Waals surface area contributed by atoms with Crippen LogP contribution in [0.2, 0.25) is 20.1 Å². The van der Waals surface area contributed by atoms with E-state index >= 15 is 0 Å². The van der Waals surface area contributed by atoms with Crippen molar-refractivity contribution in [3.05, 3.63) is 97.9 Å². The number of rotatable bonds is 10. The van der Waals surface area contributed by atoms with E-state index < -0.39 is 34.4 Å². The van der Waals surface area contributed by atoms with Crippen LogP contribution in [0.5, 0.6) is 0 Å². The molecule has 0 aliphatic rings. The van der Waals surface area contributed by atoms with Crippen LogP contribution < -0.4 is 9.62 Å². The quantitative estimate of drug-likeness (QED) is 0.307. The fourth-order valence-corrected chi connectivity index (χ4v) is 5.57. The van der Waals surface area contributed by atoms with Crippen molar-refractivity contribution in [1.29, 1.82) is 0 Å². The van der Waals surface area contributed by atoms with Crippen LogP contribution in [-0.2, 0) is 32.6 Å². The number of benzene rings is 3. The molecule has 12 heteroatoms. The Labute approximate surface area is 242 Å². The third kappa shape index (κ3) is 7.55. The molecule has 202 valence electrons. The Morgan fingerprint density at radius 2 is 1.47 bits per heavy atom. The largest absolute Gasteiger partial charge is 0.357 e. The molecule has 0 saturated carbocycles. The summed E-state index contributed by atoms with van der Waals surface area (Å²) in [6.45, 7) is -0.695. The number of nitrogens with one attached hydrogen (secondary N) is 1. The van der Waals surface area contributed by atoms with Gasteiger partial charge in [-0.25, -0.2) is 8.42 Å². The van der Waals surface area contributed by atoms with Gasteiger partial charge in [-0.1, -0.05) is 94.9 Å². The molecule has 1 unspecified atom stereocenters. The molecule has 2 amide bonds. The fraction of sp³-hybridized carbons (Fsp3) is 0.231. The number of sulfonamides is 1. The van der Waals surface area contributed by atoms with E-state index in [1.807, 2.05) is 30.3 Å². The van der Waals surface area contributed by atoms with Crippen molar-refractivity contribution in [3.8, 4) is 0 Å². The molecule has 3 rings (SSSR count). The van der Waals surface area contributed by atoms with Gasteiger partial charge in [0.1, 0.15) is 12.6 Å². The van der Waals surface area contributed by atoms with Crippen molar-refractivity contribution in [1.82, 2.24) is 10.2 Å². The van der Waals surface area contributed by atoms with E-state index in [0.717, 1.165) is 16.1 Å². The number of carbonyl (C=O) groups excluding carboxylic acids is 2. The molecule has 1 N–H and O–H groups in total. The number of amides is 2. The highest BCUT2D eigenvalue weighted by atomic mass is 35.5. The Morgan fingerprint density at radius 3 is 2.08 bits per heavy atom. The summed E-state index contributed by atoms with van der Waals surface area (Å²) in [5, 5.41) is 3.18. The lowest BCUT2D eigenvalue weighted by atomic mass is 10.0. The number of halogens is 4. The predicted molar refractivity (Wildman–Crippen MR) is 154 cm³/mol. The maximum Gasteiger partial charge on any atom is 0.244 e. The first kappa shape index (κ1) is 30.1. The monoisotopic (exact) mass is 615 g/mol. The molecule has 38 heavy (non-hydrogen) atoms. The van der Waals surface area contributed by atoms with Crippen molar-refractivity contribution >= 4 is 73.9 Å². The predicted octanol–water partition coefficient (Wildman–Crippen LogP) is 5.45. The highest BCUT2D eigenvalue weighted by Gasteiger charge is 2.33. The topological polar surface area (TPSA) is 86.8 Å². The Kier molecular flexibility index (Phi) is 10.3. The molecular formula is C26H25Cl4N3O4S. The van der Waals surface area contributed by atoms with Gasteiger partial charge in [0.15, 0.2) is 0 Å². The summed E-state index contributed by atoms with van der Waals surface area (Å²) in [4.78, 5) is 28.3. The number of nitrogens with zero attached hydrogens (tertiary/aromatic N) is 2. The molecule has 1 atom stereocenters. The van der Waals surface area contributed by atoms with E-state index in [-0.39, 0.29) is 33.7 Å².